The molecule has 2 rings (SSSR count). The molecule has 0 spiro atoms. The first-order valence-corrected chi connectivity index (χ1v) is 3.98. The van der Waals surface area contributed by atoms with Crippen LogP contribution in [0.3, 0.4) is 0 Å². The Bertz CT molecular complexity index is 471. The SMILES string of the molecule is O=C=Nc1ccccc1-c1ncco1. The molecule has 4 nitrogen and oxygen atoms in total. The lowest BCUT2D eigenvalue weighted by atomic mass is 10.2. The molecule has 14 heavy (non-hydrogen) atoms. The van der Waals surface area contributed by atoms with Crippen molar-refractivity contribution in [3.8, 4) is 11.5 Å². The van der Waals surface area contributed by atoms with Crippen molar-refractivity contribution in [2.75, 3.05) is 0 Å². The van der Waals surface area contributed by atoms with Crippen molar-refractivity contribution < 1.29 is 9.21 Å². The van der Waals surface area contributed by atoms with Gasteiger partial charge in [-0.1, -0.05) is 12.1 Å². The van der Waals surface area contributed by atoms with Gasteiger partial charge >= 0.3 is 0 Å². The van der Waals surface area contributed by atoms with Gasteiger partial charge in [-0.05, 0) is 12.1 Å². The zero-order chi connectivity index (χ0) is 9.80. The number of hydrogen-bond acceptors (Lipinski definition) is 4. The minimum atomic E-state index is 0.444. The number of rotatable bonds is 2. The molecule has 4 heteroatoms. The molecule has 0 saturated heterocycles. The summed E-state index contributed by atoms with van der Waals surface area (Å²) in [5.74, 6) is 0.444. The van der Waals surface area contributed by atoms with Crippen LogP contribution in [0.15, 0.2) is 46.1 Å². The van der Waals surface area contributed by atoms with Gasteiger partial charge in [0.25, 0.3) is 0 Å². The maximum Gasteiger partial charge on any atom is 0.240 e. The molecule has 0 unspecified atom stereocenters. The van der Waals surface area contributed by atoms with Crippen LogP contribution in [0.5, 0.6) is 0 Å². The van der Waals surface area contributed by atoms with Crippen molar-refractivity contribution in [2.45, 2.75) is 0 Å². The number of isocyanates is 1. The van der Waals surface area contributed by atoms with Crippen LogP contribution in [-0.4, -0.2) is 11.1 Å². The highest BCUT2D eigenvalue weighted by atomic mass is 16.3. The quantitative estimate of drug-likeness (QED) is 0.534. The van der Waals surface area contributed by atoms with Crippen molar-refractivity contribution in [2.24, 2.45) is 4.99 Å². The maximum atomic E-state index is 10.2. The largest absolute Gasteiger partial charge is 0.444 e. The number of para-hydroxylation sites is 1. The number of benzene rings is 1. The van der Waals surface area contributed by atoms with Gasteiger partial charge < -0.3 is 4.42 Å². The molecule has 0 aliphatic rings. The Morgan fingerprint density at radius 2 is 2.21 bits per heavy atom. The van der Waals surface area contributed by atoms with Crippen molar-refractivity contribution in [3.05, 3.63) is 36.7 Å². The van der Waals surface area contributed by atoms with E-state index in [0.717, 1.165) is 0 Å². The van der Waals surface area contributed by atoms with Gasteiger partial charge in [0, 0.05) is 0 Å². The van der Waals surface area contributed by atoms with E-state index in [1.165, 1.54) is 18.5 Å². The molecule has 0 saturated carbocycles. The summed E-state index contributed by atoms with van der Waals surface area (Å²) in [5.41, 5.74) is 1.19. The number of aliphatic imine (C=N–C) groups is 1. The Labute approximate surface area is 79.9 Å². The van der Waals surface area contributed by atoms with E-state index in [1.54, 1.807) is 18.2 Å². The second-order valence-corrected chi connectivity index (χ2v) is 2.56. The molecule has 0 N–H and O–H groups in total. The van der Waals surface area contributed by atoms with Crippen LogP contribution in [0.1, 0.15) is 0 Å². The highest BCUT2D eigenvalue weighted by Crippen LogP contribution is 2.27. The predicted molar refractivity (Wildman–Crippen MR) is 49.7 cm³/mol. The predicted octanol–water partition coefficient (Wildman–Crippen LogP) is 2.31. The summed E-state index contributed by atoms with van der Waals surface area (Å²) in [6.07, 6.45) is 4.50. The van der Waals surface area contributed by atoms with Crippen molar-refractivity contribution in [3.63, 3.8) is 0 Å². The average Bonchev–Trinajstić information content (AvgIpc) is 2.72. The Balaban J connectivity index is 2.57. The number of carbonyl (C=O) groups excluding carboxylic acids is 1. The smallest absolute Gasteiger partial charge is 0.240 e. The van der Waals surface area contributed by atoms with E-state index < -0.39 is 0 Å². The zero-order valence-electron chi connectivity index (χ0n) is 7.18. The van der Waals surface area contributed by atoms with E-state index in [1.807, 2.05) is 6.07 Å². The highest BCUT2D eigenvalue weighted by Gasteiger charge is 2.06. The van der Waals surface area contributed by atoms with Crippen molar-refractivity contribution in [1.29, 1.82) is 0 Å². The molecule has 0 aliphatic heterocycles. The van der Waals surface area contributed by atoms with Crippen LogP contribution >= 0.6 is 0 Å². The van der Waals surface area contributed by atoms with Crippen LogP contribution in [0, 0.1) is 0 Å². The van der Waals surface area contributed by atoms with E-state index in [2.05, 4.69) is 9.98 Å². The minimum Gasteiger partial charge on any atom is -0.444 e. The zero-order valence-corrected chi connectivity index (χ0v) is 7.18. The highest BCUT2D eigenvalue weighted by molar-refractivity contribution is 5.71. The van der Waals surface area contributed by atoms with Crippen molar-refractivity contribution >= 4 is 11.8 Å². The molecule has 1 aromatic carbocycles. The summed E-state index contributed by atoms with van der Waals surface area (Å²) in [7, 11) is 0. The molecule has 0 aliphatic carbocycles. The lowest BCUT2D eigenvalue weighted by molar-refractivity contribution is 0.565. The maximum absolute atomic E-state index is 10.2. The summed E-state index contributed by atoms with van der Waals surface area (Å²) in [6.45, 7) is 0. The molecule has 1 aromatic heterocycles. The lowest BCUT2D eigenvalue weighted by Crippen LogP contribution is -1.77. The van der Waals surface area contributed by atoms with Crippen LogP contribution in [0.25, 0.3) is 11.5 Å². The molecule has 0 fully saturated rings. The van der Waals surface area contributed by atoms with Gasteiger partial charge in [0.15, 0.2) is 0 Å². The molecule has 0 bridgehead atoms. The minimum absolute atomic E-state index is 0.444. The summed E-state index contributed by atoms with van der Waals surface area (Å²) in [4.78, 5) is 17.7. The summed E-state index contributed by atoms with van der Waals surface area (Å²) in [6, 6.07) is 7.08. The first-order chi connectivity index (χ1) is 6.92. The molecule has 0 radical (unpaired) electrons. The number of hydrogen-bond donors (Lipinski definition) is 0. The fourth-order valence-corrected chi connectivity index (χ4v) is 1.16. The Hall–Kier alpha value is -2.19. The summed E-state index contributed by atoms with van der Waals surface area (Å²) in [5, 5.41) is 0. The molecule has 0 amide bonds. The van der Waals surface area contributed by atoms with Crippen molar-refractivity contribution in [1.82, 2.24) is 4.98 Å². The van der Waals surface area contributed by atoms with Gasteiger partial charge in [-0.2, -0.15) is 4.99 Å². The third-order valence-corrected chi connectivity index (χ3v) is 1.73. The second kappa shape index (κ2) is 3.68. The fourth-order valence-electron chi connectivity index (χ4n) is 1.16. The average molecular weight is 186 g/mol. The Kier molecular flexibility index (Phi) is 2.21. The molecule has 1 heterocycles. The fraction of sp³-hybridized carbons (Fsp3) is 0. The van der Waals surface area contributed by atoms with Gasteiger partial charge in [0.05, 0.1) is 17.4 Å². The Morgan fingerprint density at radius 1 is 1.36 bits per heavy atom. The van der Waals surface area contributed by atoms with Gasteiger partial charge in [0.1, 0.15) is 6.26 Å². The number of aromatic nitrogens is 1. The summed E-state index contributed by atoms with van der Waals surface area (Å²) >= 11 is 0. The molecular formula is C10H6N2O2. The van der Waals surface area contributed by atoms with Gasteiger partial charge in [-0.15, -0.1) is 0 Å². The van der Waals surface area contributed by atoms with Crippen LogP contribution in [-0.2, 0) is 4.79 Å². The van der Waals surface area contributed by atoms with E-state index in [-0.39, 0.29) is 0 Å². The van der Waals surface area contributed by atoms with Crippen LogP contribution in [0.2, 0.25) is 0 Å². The van der Waals surface area contributed by atoms with Gasteiger partial charge in [-0.3, -0.25) is 0 Å². The lowest BCUT2D eigenvalue weighted by Gasteiger charge is -1.97. The third kappa shape index (κ3) is 1.46. The first kappa shape index (κ1) is 8.41. The second-order valence-electron chi connectivity index (χ2n) is 2.56. The van der Waals surface area contributed by atoms with E-state index in [4.69, 9.17) is 4.42 Å². The number of oxazole rings is 1. The van der Waals surface area contributed by atoms with Crippen LogP contribution < -0.4 is 0 Å². The van der Waals surface area contributed by atoms with E-state index in [0.29, 0.717) is 17.1 Å². The Morgan fingerprint density at radius 3 is 2.93 bits per heavy atom. The van der Waals surface area contributed by atoms with Crippen LogP contribution in [0.4, 0.5) is 5.69 Å². The standard InChI is InChI=1S/C10H6N2O2/c13-7-12-9-4-2-1-3-8(9)10-11-5-6-14-10/h1-6H. The normalized spacial score (nSPS) is 9.43. The molecular weight excluding hydrogens is 180 g/mol. The monoisotopic (exact) mass is 186 g/mol. The molecule has 68 valence electrons. The van der Waals surface area contributed by atoms with Gasteiger partial charge in [0.2, 0.25) is 12.0 Å². The van der Waals surface area contributed by atoms with Gasteiger partial charge in [-0.25, -0.2) is 9.78 Å². The molecule has 0 atom stereocenters. The number of nitrogens with zero attached hydrogens (tertiary/aromatic N) is 2. The topological polar surface area (TPSA) is 55.5 Å². The van der Waals surface area contributed by atoms with E-state index >= 15 is 0 Å². The first-order valence-electron chi connectivity index (χ1n) is 3.98. The third-order valence-electron chi connectivity index (χ3n) is 1.73. The summed E-state index contributed by atoms with van der Waals surface area (Å²) < 4.78 is 5.11. The molecule has 2 aromatic rings. The van der Waals surface area contributed by atoms with E-state index in [9.17, 15) is 4.79 Å².